The van der Waals surface area contributed by atoms with Crippen molar-refractivity contribution in [2.24, 2.45) is 11.8 Å². The summed E-state index contributed by atoms with van der Waals surface area (Å²) >= 11 is 0. The molecule has 4 aliphatic heterocycles. The quantitative estimate of drug-likeness (QED) is 0.242. The molecule has 0 amide bonds. The fourth-order valence-corrected chi connectivity index (χ4v) is 9.33. The van der Waals surface area contributed by atoms with E-state index in [0.717, 1.165) is 45.2 Å². The summed E-state index contributed by atoms with van der Waals surface area (Å²) in [6, 6.07) is 8.28. The van der Waals surface area contributed by atoms with Gasteiger partial charge in [0.05, 0.1) is 17.1 Å². The van der Waals surface area contributed by atoms with E-state index in [0.29, 0.717) is 52.3 Å². The van der Waals surface area contributed by atoms with Crippen LogP contribution >= 0.6 is 0 Å². The van der Waals surface area contributed by atoms with E-state index in [-0.39, 0.29) is 47.4 Å². The molecule has 0 unspecified atom stereocenters. The molecule has 6 heterocycles. The Hall–Kier alpha value is -4.10. The summed E-state index contributed by atoms with van der Waals surface area (Å²) < 4.78 is 59.5. The summed E-state index contributed by atoms with van der Waals surface area (Å²) in [5.74, 6) is 2.91. The minimum absolute atomic E-state index is 0.0242. The van der Waals surface area contributed by atoms with Crippen LogP contribution < -0.4 is 14.4 Å². The molecule has 9 rings (SSSR count). The van der Waals surface area contributed by atoms with Gasteiger partial charge in [0.25, 0.3) is 0 Å². The molecule has 1 aliphatic carbocycles. The van der Waals surface area contributed by atoms with Gasteiger partial charge in [-0.05, 0) is 68.9 Å². The number of fused-ring (bicyclic) bond motifs is 7. The first kappa shape index (κ1) is 28.1. The lowest BCUT2D eigenvalue weighted by molar-refractivity contribution is 0.107. The number of anilines is 1. The van der Waals surface area contributed by atoms with Crippen LogP contribution in [0.15, 0.2) is 30.3 Å². The maximum absolute atomic E-state index is 17.1. The lowest BCUT2D eigenvalue weighted by Crippen LogP contribution is -2.52. The van der Waals surface area contributed by atoms with Crippen molar-refractivity contribution in [3.63, 3.8) is 0 Å². The topological polar surface area (TPSA) is 63.6 Å². The summed E-state index contributed by atoms with van der Waals surface area (Å²) in [4.78, 5) is 18.8. The summed E-state index contributed by atoms with van der Waals surface area (Å²) in [7, 11) is 0. The second kappa shape index (κ2) is 10.2. The van der Waals surface area contributed by atoms with Gasteiger partial charge in [-0.25, -0.2) is 18.2 Å². The minimum atomic E-state index is -0.902. The van der Waals surface area contributed by atoms with E-state index in [1.54, 1.807) is 18.2 Å². The standard InChI is InChI=1S/C36H34F3N5O2/c1-3-24-26(38)11-10-21-6-4-7-25(27(21)24)30-29(39)31-28-33(42-35(41-31)45-18-36-12-5-13-43(36)17-23(37)15-36)44-16-20-8-9-22(14-20)32(44)19(2)46-34(28)40-30/h1,4,6-7,10-11,19-20,22-23,32H,5,8-9,12-18H2,2H3/t19-,20-,22+,23+,32+,36-/m0/s1. The Morgan fingerprint density at radius 1 is 1.11 bits per heavy atom. The van der Waals surface area contributed by atoms with Gasteiger partial charge in [-0.15, -0.1) is 6.42 Å². The monoisotopic (exact) mass is 625 g/mol. The van der Waals surface area contributed by atoms with Crippen LogP contribution in [0.4, 0.5) is 19.0 Å². The molecule has 1 saturated carbocycles. The zero-order chi connectivity index (χ0) is 31.3. The van der Waals surface area contributed by atoms with Gasteiger partial charge in [-0.2, -0.15) is 9.97 Å². The molecule has 3 saturated heterocycles. The van der Waals surface area contributed by atoms with Gasteiger partial charge >= 0.3 is 6.01 Å². The van der Waals surface area contributed by atoms with Gasteiger partial charge in [0.1, 0.15) is 47.1 Å². The van der Waals surface area contributed by atoms with Crippen LogP contribution in [0.5, 0.6) is 11.9 Å². The zero-order valence-electron chi connectivity index (χ0n) is 25.6. The average molecular weight is 626 g/mol. The predicted molar refractivity (Wildman–Crippen MR) is 169 cm³/mol. The largest absolute Gasteiger partial charge is 0.472 e. The molecule has 2 bridgehead atoms. The number of hydrogen-bond acceptors (Lipinski definition) is 7. The Morgan fingerprint density at radius 2 is 2.00 bits per heavy atom. The number of aromatic nitrogens is 3. The van der Waals surface area contributed by atoms with Crippen molar-refractivity contribution < 1.29 is 22.6 Å². The molecule has 0 N–H and O–H groups in total. The second-order valence-corrected chi connectivity index (χ2v) is 13.9. The molecule has 46 heavy (non-hydrogen) atoms. The van der Waals surface area contributed by atoms with Crippen molar-refractivity contribution >= 4 is 27.5 Å². The van der Waals surface area contributed by atoms with Crippen molar-refractivity contribution in [3.8, 4) is 35.5 Å². The lowest BCUT2D eigenvalue weighted by atomic mass is 9.87. The van der Waals surface area contributed by atoms with E-state index in [4.69, 9.17) is 25.9 Å². The molecule has 6 atom stereocenters. The third-order valence-electron chi connectivity index (χ3n) is 11.3. The van der Waals surface area contributed by atoms with Crippen molar-refractivity contribution in [1.82, 2.24) is 19.9 Å². The number of rotatable bonds is 4. The van der Waals surface area contributed by atoms with Gasteiger partial charge < -0.3 is 14.4 Å². The number of piperidine rings is 1. The Labute approximate surface area is 265 Å². The maximum Gasteiger partial charge on any atom is 0.319 e. The SMILES string of the molecule is C#Cc1c(F)ccc2cccc(-c3nc4c5c(nc(OC[C@@]67CCCN6C[C@H](F)C7)nc5c3F)N3C[C@H]5CC[C@H](C5)[C@H]3[C@H](C)O4)c12. The molecular weight excluding hydrogens is 591 g/mol. The molecule has 2 aromatic heterocycles. The van der Waals surface area contributed by atoms with Crippen LogP contribution in [0, 0.1) is 35.8 Å². The average Bonchev–Trinajstić information content (AvgIpc) is 3.69. The molecule has 2 aromatic carbocycles. The Bertz CT molecular complexity index is 1960. The highest BCUT2D eigenvalue weighted by Crippen LogP contribution is 2.49. The number of halogens is 3. The third kappa shape index (κ3) is 4.06. The molecule has 0 spiro atoms. The molecular formula is C36H34F3N5O2. The Balaban J connectivity index is 1.25. The number of hydrogen-bond donors (Lipinski definition) is 0. The Kier molecular flexibility index (Phi) is 6.24. The summed E-state index contributed by atoms with van der Waals surface area (Å²) in [6.07, 6.45) is 10.2. The third-order valence-corrected chi connectivity index (χ3v) is 11.3. The van der Waals surface area contributed by atoms with Gasteiger partial charge in [-0.3, -0.25) is 4.90 Å². The van der Waals surface area contributed by atoms with Gasteiger partial charge in [0.2, 0.25) is 5.88 Å². The minimum Gasteiger partial charge on any atom is -0.472 e. The molecule has 5 aliphatic rings. The highest BCUT2D eigenvalue weighted by Gasteiger charge is 2.50. The summed E-state index contributed by atoms with van der Waals surface area (Å²) in [5, 5.41) is 1.46. The number of alkyl halides is 1. The lowest BCUT2D eigenvalue weighted by Gasteiger charge is -2.42. The zero-order valence-corrected chi connectivity index (χ0v) is 25.6. The van der Waals surface area contributed by atoms with E-state index >= 15 is 4.39 Å². The van der Waals surface area contributed by atoms with E-state index in [2.05, 4.69) is 20.7 Å². The molecule has 236 valence electrons. The van der Waals surface area contributed by atoms with Crippen LogP contribution in [0.1, 0.15) is 51.0 Å². The number of terminal acetylenes is 1. The highest BCUT2D eigenvalue weighted by atomic mass is 19.1. The first-order valence-electron chi connectivity index (χ1n) is 16.4. The van der Waals surface area contributed by atoms with E-state index < -0.39 is 23.3 Å². The van der Waals surface area contributed by atoms with Crippen LogP contribution in [-0.2, 0) is 0 Å². The number of ether oxygens (including phenoxy) is 2. The molecule has 4 aromatic rings. The molecule has 0 radical (unpaired) electrons. The van der Waals surface area contributed by atoms with Crippen molar-refractivity contribution in [2.45, 2.75) is 69.3 Å². The van der Waals surface area contributed by atoms with Crippen molar-refractivity contribution in [1.29, 1.82) is 0 Å². The first-order chi connectivity index (χ1) is 22.3. The first-order valence-corrected chi connectivity index (χ1v) is 16.4. The summed E-state index contributed by atoms with van der Waals surface area (Å²) in [5.41, 5.74) is -0.0330. The maximum atomic E-state index is 17.1. The highest BCUT2D eigenvalue weighted by molar-refractivity contribution is 6.03. The normalized spacial score (nSPS) is 29.8. The number of nitrogens with zero attached hydrogens (tertiary/aromatic N) is 5. The van der Waals surface area contributed by atoms with Crippen LogP contribution in [0.3, 0.4) is 0 Å². The van der Waals surface area contributed by atoms with Crippen molar-refractivity contribution in [2.75, 3.05) is 31.1 Å². The second-order valence-electron chi connectivity index (χ2n) is 13.9. The summed E-state index contributed by atoms with van der Waals surface area (Å²) in [6.45, 7) is 4.27. The predicted octanol–water partition coefficient (Wildman–Crippen LogP) is 6.45. The number of benzene rings is 2. The van der Waals surface area contributed by atoms with Gasteiger partial charge in [-0.1, -0.05) is 30.2 Å². The van der Waals surface area contributed by atoms with E-state index in [1.807, 2.05) is 13.0 Å². The number of pyridine rings is 1. The van der Waals surface area contributed by atoms with E-state index in [9.17, 15) is 8.78 Å². The fourth-order valence-electron chi connectivity index (χ4n) is 9.33. The van der Waals surface area contributed by atoms with Gasteiger partial charge in [0.15, 0.2) is 5.82 Å². The Morgan fingerprint density at radius 3 is 2.87 bits per heavy atom. The van der Waals surface area contributed by atoms with Gasteiger partial charge in [0, 0.05) is 30.5 Å². The smallest absolute Gasteiger partial charge is 0.319 e. The molecule has 7 nitrogen and oxygen atoms in total. The van der Waals surface area contributed by atoms with Crippen LogP contribution in [-0.4, -0.2) is 69.9 Å². The van der Waals surface area contributed by atoms with E-state index in [1.165, 1.54) is 6.07 Å². The van der Waals surface area contributed by atoms with Crippen LogP contribution in [0.2, 0.25) is 0 Å². The van der Waals surface area contributed by atoms with Crippen molar-refractivity contribution in [3.05, 3.63) is 47.5 Å². The van der Waals surface area contributed by atoms with Crippen LogP contribution in [0.25, 0.3) is 32.9 Å². The molecule has 4 fully saturated rings. The molecule has 10 heteroatoms. The fraction of sp³-hybridized carbons (Fsp3) is 0.472.